The van der Waals surface area contributed by atoms with Crippen LogP contribution in [-0.2, 0) is 11.2 Å². The largest absolute Gasteiger partial charge is 0.338 e. The minimum absolute atomic E-state index is 0.00776. The molecule has 22 heavy (non-hydrogen) atoms. The van der Waals surface area contributed by atoms with E-state index in [1.807, 2.05) is 12.1 Å². The average Bonchev–Trinajstić information content (AvgIpc) is 3.04. The van der Waals surface area contributed by atoms with Crippen LogP contribution in [0.25, 0.3) is 11.3 Å². The van der Waals surface area contributed by atoms with Crippen LogP contribution in [-0.4, -0.2) is 11.1 Å². The molecule has 0 aliphatic heterocycles. The minimum Gasteiger partial charge on any atom is -0.338 e. The number of benzene rings is 1. The molecule has 0 bridgehead atoms. The van der Waals surface area contributed by atoms with Crippen molar-refractivity contribution in [3.05, 3.63) is 48.0 Å². The van der Waals surface area contributed by atoms with Gasteiger partial charge >= 0.3 is 0 Å². The second kappa shape index (κ2) is 6.60. The molecule has 1 heterocycles. The molecule has 1 amide bonds. The number of allylic oxidation sites excluding steroid dienone is 2. The van der Waals surface area contributed by atoms with Crippen molar-refractivity contribution in [3.63, 3.8) is 0 Å². The zero-order valence-corrected chi connectivity index (χ0v) is 12.7. The van der Waals surface area contributed by atoms with Crippen LogP contribution in [0.1, 0.15) is 31.7 Å². The van der Waals surface area contributed by atoms with Crippen LogP contribution in [0, 0.1) is 5.92 Å². The van der Waals surface area contributed by atoms with Crippen molar-refractivity contribution in [2.45, 2.75) is 32.6 Å². The Labute approximate surface area is 130 Å². The van der Waals surface area contributed by atoms with Gasteiger partial charge in [-0.15, -0.1) is 0 Å². The van der Waals surface area contributed by atoms with Crippen LogP contribution in [0.15, 0.2) is 47.0 Å². The molecule has 0 fully saturated rings. The molecule has 0 saturated carbocycles. The van der Waals surface area contributed by atoms with Crippen molar-refractivity contribution in [2.75, 3.05) is 5.32 Å². The number of carbonyl (C=O) groups excluding carboxylic acids is 1. The van der Waals surface area contributed by atoms with E-state index in [-0.39, 0.29) is 11.8 Å². The average molecular weight is 296 g/mol. The molecule has 1 aromatic heterocycles. The summed E-state index contributed by atoms with van der Waals surface area (Å²) in [5.74, 6) is 0.449. The summed E-state index contributed by atoms with van der Waals surface area (Å²) < 4.78 is 5.24. The molecule has 2 aromatic rings. The SMILES string of the molecule is CCc1ccc(-c2cc(NC(=O)C3CC=CCC3)on2)cc1. The number of nitrogens with one attached hydrogen (secondary N) is 1. The predicted octanol–water partition coefficient (Wildman–Crippen LogP) is 4.20. The summed E-state index contributed by atoms with van der Waals surface area (Å²) >= 11 is 0. The number of rotatable bonds is 4. The molecule has 0 spiro atoms. The van der Waals surface area contributed by atoms with Crippen molar-refractivity contribution in [2.24, 2.45) is 5.92 Å². The van der Waals surface area contributed by atoms with E-state index in [1.165, 1.54) is 5.56 Å². The molecule has 114 valence electrons. The quantitative estimate of drug-likeness (QED) is 0.860. The Morgan fingerprint density at radius 3 is 2.82 bits per heavy atom. The number of amides is 1. The lowest BCUT2D eigenvalue weighted by Crippen LogP contribution is -2.23. The maximum atomic E-state index is 12.2. The van der Waals surface area contributed by atoms with Gasteiger partial charge in [-0.2, -0.15) is 0 Å². The fraction of sp³-hybridized carbons (Fsp3) is 0.333. The highest BCUT2D eigenvalue weighted by Gasteiger charge is 2.20. The third-order valence-electron chi connectivity index (χ3n) is 4.05. The second-order valence-electron chi connectivity index (χ2n) is 5.60. The smallest absolute Gasteiger partial charge is 0.231 e. The monoisotopic (exact) mass is 296 g/mol. The fourth-order valence-electron chi connectivity index (χ4n) is 2.64. The molecule has 1 atom stereocenters. The van der Waals surface area contributed by atoms with Gasteiger partial charge in [-0.3, -0.25) is 10.1 Å². The zero-order valence-electron chi connectivity index (χ0n) is 12.7. The van der Waals surface area contributed by atoms with Gasteiger partial charge in [-0.25, -0.2) is 0 Å². The summed E-state index contributed by atoms with van der Waals surface area (Å²) in [6.07, 6.45) is 7.85. The third kappa shape index (κ3) is 3.27. The van der Waals surface area contributed by atoms with Crippen LogP contribution >= 0.6 is 0 Å². The van der Waals surface area contributed by atoms with Gasteiger partial charge in [0.25, 0.3) is 0 Å². The molecule has 3 rings (SSSR count). The van der Waals surface area contributed by atoms with Crippen LogP contribution in [0.2, 0.25) is 0 Å². The molecule has 4 heteroatoms. The van der Waals surface area contributed by atoms with Gasteiger partial charge in [-0.1, -0.05) is 48.5 Å². The summed E-state index contributed by atoms with van der Waals surface area (Å²) in [6, 6.07) is 9.98. The lowest BCUT2D eigenvalue weighted by atomic mass is 9.94. The predicted molar refractivity (Wildman–Crippen MR) is 86.4 cm³/mol. The standard InChI is InChI=1S/C18H20N2O2/c1-2-13-8-10-14(11-9-13)16-12-17(22-20-16)19-18(21)15-6-4-3-5-7-15/h3-4,8-12,15H,2,5-7H2,1H3,(H,19,21). The number of anilines is 1. The molecule has 1 aliphatic rings. The molecule has 4 nitrogen and oxygen atoms in total. The molecule has 1 aliphatic carbocycles. The Hall–Kier alpha value is -2.36. The Kier molecular flexibility index (Phi) is 4.37. The van der Waals surface area contributed by atoms with E-state index in [0.717, 1.165) is 36.9 Å². The van der Waals surface area contributed by atoms with Gasteiger partial charge in [-0.05, 0) is 31.2 Å². The molecule has 0 saturated heterocycles. The highest BCUT2D eigenvalue weighted by Crippen LogP contribution is 2.24. The number of carbonyl (C=O) groups is 1. The highest BCUT2D eigenvalue weighted by molar-refractivity contribution is 5.91. The first-order valence-electron chi connectivity index (χ1n) is 7.78. The second-order valence-corrected chi connectivity index (χ2v) is 5.60. The first-order valence-corrected chi connectivity index (χ1v) is 7.78. The Balaban J connectivity index is 1.67. The lowest BCUT2D eigenvalue weighted by molar-refractivity contribution is -0.120. The van der Waals surface area contributed by atoms with Crippen molar-refractivity contribution in [1.82, 2.24) is 5.16 Å². The molecule has 0 radical (unpaired) electrons. The van der Waals surface area contributed by atoms with E-state index in [0.29, 0.717) is 5.88 Å². The molecular formula is C18H20N2O2. The number of aryl methyl sites for hydroxylation is 1. The van der Waals surface area contributed by atoms with E-state index >= 15 is 0 Å². The summed E-state index contributed by atoms with van der Waals surface area (Å²) in [7, 11) is 0. The van der Waals surface area contributed by atoms with E-state index in [1.54, 1.807) is 6.07 Å². The Morgan fingerprint density at radius 1 is 1.32 bits per heavy atom. The number of hydrogen-bond acceptors (Lipinski definition) is 3. The summed E-state index contributed by atoms with van der Waals surface area (Å²) in [4.78, 5) is 12.2. The molecule has 1 unspecified atom stereocenters. The number of nitrogens with zero attached hydrogens (tertiary/aromatic N) is 1. The molecule has 1 N–H and O–H groups in total. The molecular weight excluding hydrogens is 276 g/mol. The highest BCUT2D eigenvalue weighted by atomic mass is 16.5. The maximum absolute atomic E-state index is 12.2. The lowest BCUT2D eigenvalue weighted by Gasteiger charge is -2.15. The topological polar surface area (TPSA) is 55.1 Å². The number of hydrogen-bond donors (Lipinski definition) is 1. The molecule has 1 aromatic carbocycles. The maximum Gasteiger partial charge on any atom is 0.231 e. The van der Waals surface area contributed by atoms with E-state index in [4.69, 9.17) is 4.52 Å². The Bertz CT molecular complexity index is 671. The van der Waals surface area contributed by atoms with Gasteiger partial charge < -0.3 is 4.52 Å². The Morgan fingerprint density at radius 2 is 2.14 bits per heavy atom. The third-order valence-corrected chi connectivity index (χ3v) is 4.05. The van der Waals surface area contributed by atoms with E-state index in [9.17, 15) is 4.79 Å². The first kappa shape index (κ1) is 14.6. The minimum atomic E-state index is 0.00776. The van der Waals surface area contributed by atoms with Gasteiger partial charge in [0.2, 0.25) is 11.8 Å². The van der Waals surface area contributed by atoms with Gasteiger partial charge in [0.05, 0.1) is 0 Å². The van der Waals surface area contributed by atoms with Crippen molar-refractivity contribution < 1.29 is 9.32 Å². The summed E-state index contributed by atoms with van der Waals surface area (Å²) in [5, 5.41) is 6.86. The summed E-state index contributed by atoms with van der Waals surface area (Å²) in [6.45, 7) is 2.12. The van der Waals surface area contributed by atoms with Crippen LogP contribution < -0.4 is 5.32 Å². The zero-order chi connectivity index (χ0) is 15.4. The van der Waals surface area contributed by atoms with Crippen molar-refractivity contribution in [1.29, 1.82) is 0 Å². The van der Waals surface area contributed by atoms with Crippen molar-refractivity contribution in [3.8, 4) is 11.3 Å². The van der Waals surface area contributed by atoms with Crippen LogP contribution in [0.3, 0.4) is 0 Å². The van der Waals surface area contributed by atoms with Crippen molar-refractivity contribution >= 4 is 11.8 Å². The van der Waals surface area contributed by atoms with Gasteiger partial charge in [0, 0.05) is 17.5 Å². The van der Waals surface area contributed by atoms with E-state index in [2.05, 4.69) is 41.7 Å². The van der Waals surface area contributed by atoms with Gasteiger partial charge in [0.15, 0.2) is 0 Å². The fourth-order valence-corrected chi connectivity index (χ4v) is 2.64. The summed E-state index contributed by atoms with van der Waals surface area (Å²) in [5.41, 5.74) is 3.01. The van der Waals surface area contributed by atoms with Gasteiger partial charge in [0.1, 0.15) is 5.69 Å². The van der Waals surface area contributed by atoms with Crippen LogP contribution in [0.4, 0.5) is 5.88 Å². The van der Waals surface area contributed by atoms with E-state index < -0.39 is 0 Å². The first-order chi connectivity index (χ1) is 10.8. The van der Waals surface area contributed by atoms with Crippen LogP contribution in [0.5, 0.6) is 0 Å². The normalized spacial score (nSPS) is 17.4. The number of aromatic nitrogens is 1.